The third-order valence-electron chi connectivity index (χ3n) is 5.25. The summed E-state index contributed by atoms with van der Waals surface area (Å²) in [5.74, 6) is 0.633. The number of benzene rings is 1. The second kappa shape index (κ2) is 7.97. The molecule has 0 aliphatic carbocycles. The zero-order valence-corrected chi connectivity index (χ0v) is 15.2. The second-order valence-corrected chi connectivity index (χ2v) is 7.14. The van der Waals surface area contributed by atoms with E-state index in [4.69, 9.17) is 4.74 Å². The zero-order chi connectivity index (χ0) is 17.8. The van der Waals surface area contributed by atoms with Gasteiger partial charge in [0.1, 0.15) is 31.9 Å². The maximum Gasteiger partial charge on any atom is 0.292 e. The maximum absolute atomic E-state index is 12.8. The Hall–Kier alpha value is -1.92. The van der Waals surface area contributed by atoms with E-state index in [2.05, 4.69) is 14.0 Å². The van der Waals surface area contributed by atoms with Crippen LogP contribution >= 0.6 is 0 Å². The molecule has 1 aromatic carbocycles. The zero-order valence-electron chi connectivity index (χ0n) is 15.2. The van der Waals surface area contributed by atoms with Crippen LogP contribution in [0.5, 0.6) is 5.75 Å². The standard InChI is InChI=1S/C19H27N3O3/c1-3-4-13-25-16-7-5-15(6-8-16)22-18(23)14-17(19(22)24)21-11-9-20(2)10-12-21/h5-8,17H,3-4,9-14H2,1-2H3/p+2/t17-/m1/s1. The van der Waals surface area contributed by atoms with E-state index in [0.29, 0.717) is 18.7 Å². The lowest BCUT2D eigenvalue weighted by molar-refractivity contribution is -1.01. The monoisotopic (exact) mass is 347 g/mol. The van der Waals surface area contributed by atoms with Crippen LogP contribution in [0.3, 0.4) is 0 Å². The van der Waals surface area contributed by atoms with Gasteiger partial charge in [-0.05, 0) is 30.7 Å². The van der Waals surface area contributed by atoms with Crippen molar-refractivity contribution in [3.63, 3.8) is 0 Å². The lowest BCUT2D eigenvalue weighted by Gasteiger charge is -2.30. The molecule has 0 radical (unpaired) electrons. The molecule has 6 heteroatoms. The topological polar surface area (TPSA) is 55.5 Å². The number of nitrogens with one attached hydrogen (secondary N) is 2. The number of carbonyl (C=O) groups is 2. The average molecular weight is 347 g/mol. The molecule has 0 bridgehead atoms. The summed E-state index contributed by atoms with van der Waals surface area (Å²) >= 11 is 0. The molecule has 0 unspecified atom stereocenters. The molecular weight excluding hydrogens is 318 g/mol. The molecule has 2 amide bonds. The molecule has 136 valence electrons. The number of hydrogen-bond acceptors (Lipinski definition) is 3. The summed E-state index contributed by atoms with van der Waals surface area (Å²) in [7, 11) is 2.18. The van der Waals surface area contributed by atoms with Gasteiger partial charge in [0.05, 0.1) is 25.8 Å². The van der Waals surface area contributed by atoms with Crippen molar-refractivity contribution in [2.45, 2.75) is 32.2 Å². The van der Waals surface area contributed by atoms with E-state index in [9.17, 15) is 9.59 Å². The Bertz CT molecular complexity index is 609. The van der Waals surface area contributed by atoms with Crippen LogP contribution in [0.2, 0.25) is 0 Å². The summed E-state index contributed by atoms with van der Waals surface area (Å²) in [6.07, 6.45) is 2.43. The van der Waals surface area contributed by atoms with Crippen molar-refractivity contribution in [3.05, 3.63) is 24.3 Å². The first-order chi connectivity index (χ1) is 12.1. The molecular formula is C19H29N3O3+2. The van der Waals surface area contributed by atoms with Crippen LogP contribution in [0, 0.1) is 0 Å². The third kappa shape index (κ3) is 4.02. The predicted molar refractivity (Wildman–Crippen MR) is 95.1 cm³/mol. The minimum absolute atomic E-state index is 0.0563. The summed E-state index contributed by atoms with van der Waals surface area (Å²) in [5.41, 5.74) is 0.652. The van der Waals surface area contributed by atoms with Crippen molar-refractivity contribution in [3.8, 4) is 5.75 Å². The summed E-state index contributed by atoms with van der Waals surface area (Å²) in [5, 5.41) is 0. The Kier molecular flexibility index (Phi) is 5.71. The summed E-state index contributed by atoms with van der Waals surface area (Å²) in [4.78, 5) is 29.4. The first kappa shape index (κ1) is 17.9. The summed E-state index contributed by atoms with van der Waals surface area (Å²) in [6.45, 7) is 6.82. The number of imide groups is 1. The maximum atomic E-state index is 12.8. The fourth-order valence-electron chi connectivity index (χ4n) is 3.59. The first-order valence-electron chi connectivity index (χ1n) is 9.35. The molecule has 0 aromatic heterocycles. The van der Waals surface area contributed by atoms with Crippen molar-refractivity contribution < 1.29 is 24.1 Å². The number of likely N-dealkylation sites (N-methyl/N-ethyl adjacent to an activating group) is 1. The van der Waals surface area contributed by atoms with Gasteiger partial charge in [-0.15, -0.1) is 0 Å². The van der Waals surface area contributed by atoms with Gasteiger partial charge < -0.3 is 14.5 Å². The third-order valence-corrected chi connectivity index (χ3v) is 5.25. The Morgan fingerprint density at radius 1 is 1.12 bits per heavy atom. The fraction of sp³-hybridized carbons (Fsp3) is 0.579. The van der Waals surface area contributed by atoms with E-state index in [1.807, 2.05) is 24.3 Å². The lowest BCUT2D eigenvalue weighted by atomic mass is 10.2. The van der Waals surface area contributed by atoms with E-state index in [-0.39, 0.29) is 17.9 Å². The minimum atomic E-state index is -0.221. The normalized spacial score (nSPS) is 27.0. The first-order valence-corrected chi connectivity index (χ1v) is 9.35. The molecule has 1 aromatic rings. The fourth-order valence-corrected chi connectivity index (χ4v) is 3.59. The molecule has 0 spiro atoms. The number of quaternary nitrogens is 2. The molecule has 2 fully saturated rings. The molecule has 6 nitrogen and oxygen atoms in total. The van der Waals surface area contributed by atoms with Crippen molar-refractivity contribution in [1.82, 2.24) is 0 Å². The molecule has 2 saturated heterocycles. The van der Waals surface area contributed by atoms with Crippen LogP contribution in [0.1, 0.15) is 26.2 Å². The summed E-state index contributed by atoms with van der Waals surface area (Å²) < 4.78 is 5.65. The Morgan fingerprint density at radius 2 is 1.80 bits per heavy atom. The number of carbonyl (C=O) groups excluding carboxylic acids is 2. The van der Waals surface area contributed by atoms with Gasteiger partial charge in [-0.3, -0.25) is 9.59 Å². The van der Waals surface area contributed by atoms with Gasteiger partial charge in [-0.1, -0.05) is 13.3 Å². The average Bonchev–Trinajstić information content (AvgIpc) is 2.91. The number of piperazine rings is 1. The van der Waals surface area contributed by atoms with E-state index >= 15 is 0 Å². The van der Waals surface area contributed by atoms with Crippen LogP contribution in [0.25, 0.3) is 0 Å². The minimum Gasteiger partial charge on any atom is -0.494 e. The van der Waals surface area contributed by atoms with Gasteiger partial charge in [0, 0.05) is 0 Å². The number of anilines is 1. The van der Waals surface area contributed by atoms with Crippen LogP contribution in [0.4, 0.5) is 5.69 Å². The number of unbranched alkanes of at least 4 members (excludes halogenated alkanes) is 1. The molecule has 1 atom stereocenters. The van der Waals surface area contributed by atoms with Gasteiger partial charge in [-0.2, -0.15) is 0 Å². The van der Waals surface area contributed by atoms with Gasteiger partial charge in [0.15, 0.2) is 6.04 Å². The predicted octanol–water partition coefficient (Wildman–Crippen LogP) is -1.09. The summed E-state index contributed by atoms with van der Waals surface area (Å²) in [6, 6.07) is 7.07. The number of hydrogen-bond donors (Lipinski definition) is 2. The largest absolute Gasteiger partial charge is 0.494 e. The van der Waals surface area contributed by atoms with E-state index in [0.717, 1.165) is 44.8 Å². The van der Waals surface area contributed by atoms with Crippen LogP contribution in [-0.2, 0) is 9.59 Å². The highest BCUT2D eigenvalue weighted by atomic mass is 16.5. The van der Waals surface area contributed by atoms with E-state index < -0.39 is 0 Å². The van der Waals surface area contributed by atoms with Gasteiger partial charge in [-0.25, -0.2) is 4.90 Å². The van der Waals surface area contributed by atoms with E-state index in [1.54, 1.807) is 0 Å². The number of nitrogens with zero attached hydrogens (tertiary/aromatic N) is 1. The van der Waals surface area contributed by atoms with Crippen molar-refractivity contribution in [2.75, 3.05) is 44.7 Å². The molecule has 25 heavy (non-hydrogen) atoms. The molecule has 2 aliphatic rings. The second-order valence-electron chi connectivity index (χ2n) is 7.14. The van der Waals surface area contributed by atoms with Gasteiger partial charge >= 0.3 is 0 Å². The SMILES string of the molecule is CCCCOc1ccc(N2C(=O)C[C@@H]([NH+]3CC[NH+](C)CC3)C2=O)cc1. The van der Waals surface area contributed by atoms with Crippen molar-refractivity contribution >= 4 is 17.5 Å². The Morgan fingerprint density at radius 3 is 2.44 bits per heavy atom. The lowest BCUT2D eigenvalue weighted by Crippen LogP contribution is -3.29. The van der Waals surface area contributed by atoms with Crippen LogP contribution in [-0.4, -0.2) is 57.7 Å². The highest BCUT2D eigenvalue weighted by molar-refractivity contribution is 6.21. The van der Waals surface area contributed by atoms with Crippen molar-refractivity contribution in [2.24, 2.45) is 0 Å². The van der Waals surface area contributed by atoms with Crippen LogP contribution in [0.15, 0.2) is 24.3 Å². The molecule has 3 rings (SSSR count). The van der Waals surface area contributed by atoms with Crippen LogP contribution < -0.4 is 19.4 Å². The van der Waals surface area contributed by atoms with Crippen molar-refractivity contribution in [1.29, 1.82) is 0 Å². The number of rotatable bonds is 6. The van der Waals surface area contributed by atoms with Gasteiger partial charge in [0.2, 0.25) is 5.91 Å². The van der Waals surface area contributed by atoms with Gasteiger partial charge in [0.25, 0.3) is 5.91 Å². The molecule has 2 heterocycles. The number of amides is 2. The smallest absolute Gasteiger partial charge is 0.292 e. The Balaban J connectivity index is 1.66. The highest BCUT2D eigenvalue weighted by Crippen LogP contribution is 2.24. The molecule has 0 saturated carbocycles. The highest BCUT2D eigenvalue weighted by Gasteiger charge is 2.46. The quantitative estimate of drug-likeness (QED) is 0.508. The molecule has 2 aliphatic heterocycles. The Labute approximate surface area is 149 Å². The number of ether oxygens (including phenoxy) is 1. The van der Waals surface area contributed by atoms with E-state index in [1.165, 1.54) is 14.7 Å². The molecule has 2 N–H and O–H groups in total.